The van der Waals surface area contributed by atoms with Gasteiger partial charge in [0.05, 0.1) is 12.1 Å². The fraction of sp³-hybridized carbons (Fsp3) is 0.562. The molecule has 4 nitrogen and oxygen atoms in total. The van der Waals surface area contributed by atoms with Crippen LogP contribution in [0.4, 0.5) is 0 Å². The first-order chi connectivity index (χ1) is 9.54. The van der Waals surface area contributed by atoms with E-state index in [-0.39, 0.29) is 11.4 Å². The molecule has 0 saturated carbocycles. The molecule has 0 radical (unpaired) electrons. The molecular weight excluding hydrogens is 250 g/mol. The smallest absolute Gasteiger partial charge is 0.240 e. The molecule has 1 spiro atoms. The third-order valence-corrected chi connectivity index (χ3v) is 3.99. The highest BCUT2D eigenvalue weighted by Crippen LogP contribution is 2.25. The minimum atomic E-state index is -0.0636. The third-order valence-electron chi connectivity index (χ3n) is 3.99. The number of piperazine rings is 1. The topological polar surface area (TPSA) is 44.4 Å². The van der Waals surface area contributed by atoms with E-state index in [0.717, 1.165) is 43.7 Å². The lowest BCUT2D eigenvalue weighted by molar-refractivity contribution is -0.127. The van der Waals surface area contributed by atoms with Gasteiger partial charge in [-0.05, 0) is 45.9 Å². The first kappa shape index (κ1) is 14.9. The van der Waals surface area contributed by atoms with E-state index in [2.05, 4.69) is 34.3 Å². The second-order valence-electron chi connectivity index (χ2n) is 5.83. The van der Waals surface area contributed by atoms with Crippen molar-refractivity contribution >= 4 is 5.91 Å². The first-order valence-electron chi connectivity index (χ1n) is 7.31. The summed E-state index contributed by atoms with van der Waals surface area (Å²) in [5, 5.41) is 6.58. The molecule has 0 aliphatic carbocycles. The number of hydrogen-bond donors (Lipinski definition) is 2. The summed E-state index contributed by atoms with van der Waals surface area (Å²) in [6, 6.07) is 0. The van der Waals surface area contributed by atoms with Gasteiger partial charge < -0.3 is 15.5 Å². The molecule has 2 N–H and O–H groups in total. The van der Waals surface area contributed by atoms with Crippen molar-refractivity contribution in [3.63, 3.8) is 0 Å². The Hall–Kier alpha value is -1.55. The van der Waals surface area contributed by atoms with E-state index in [1.54, 1.807) is 0 Å². The van der Waals surface area contributed by atoms with Crippen molar-refractivity contribution in [1.29, 1.82) is 0 Å². The average molecular weight is 275 g/mol. The van der Waals surface area contributed by atoms with E-state index < -0.39 is 0 Å². The molecule has 0 bridgehead atoms. The van der Waals surface area contributed by atoms with Crippen molar-refractivity contribution < 1.29 is 4.79 Å². The predicted molar refractivity (Wildman–Crippen MR) is 82.3 cm³/mol. The first-order valence-corrected chi connectivity index (χ1v) is 7.31. The minimum absolute atomic E-state index is 0.0636. The van der Waals surface area contributed by atoms with Crippen LogP contribution in [-0.2, 0) is 4.79 Å². The Morgan fingerprint density at radius 1 is 1.35 bits per heavy atom. The molecule has 110 valence electrons. The van der Waals surface area contributed by atoms with Crippen molar-refractivity contribution in [2.24, 2.45) is 0 Å². The number of nitrogens with one attached hydrogen (secondary N) is 2. The van der Waals surface area contributed by atoms with Gasteiger partial charge in [0, 0.05) is 12.2 Å². The maximum absolute atomic E-state index is 12.1. The zero-order valence-electron chi connectivity index (χ0n) is 12.5. The highest BCUT2D eigenvalue weighted by atomic mass is 16.2. The molecule has 1 amide bonds. The molecule has 2 saturated heterocycles. The zero-order valence-corrected chi connectivity index (χ0v) is 12.5. The Balaban J connectivity index is 2.14. The summed E-state index contributed by atoms with van der Waals surface area (Å²) in [7, 11) is 0. The Labute approximate surface area is 121 Å². The number of allylic oxidation sites excluding steroid dienone is 4. The fourth-order valence-corrected chi connectivity index (χ4v) is 2.95. The maximum atomic E-state index is 12.1. The largest absolute Gasteiger partial charge is 0.360 e. The van der Waals surface area contributed by atoms with E-state index in [0.29, 0.717) is 6.54 Å². The average Bonchev–Trinajstić information content (AvgIpc) is 2.39. The number of hydrogen-bond acceptors (Lipinski definition) is 3. The Morgan fingerprint density at radius 2 is 2.05 bits per heavy atom. The summed E-state index contributed by atoms with van der Waals surface area (Å²) in [5.74, 6) is 0.126. The Bertz CT molecular complexity index is 445. The summed E-state index contributed by atoms with van der Waals surface area (Å²) < 4.78 is 0. The molecule has 2 heterocycles. The molecule has 0 aromatic carbocycles. The van der Waals surface area contributed by atoms with Gasteiger partial charge in [-0.15, -0.1) is 0 Å². The Kier molecular flexibility index (Phi) is 4.65. The summed E-state index contributed by atoms with van der Waals surface area (Å²) in [5.41, 5.74) is 2.05. The SMILES string of the molecule is C=C(C)/C=C\C(=CC)N1CC(=O)NC2(CCNCC2)C1. The lowest BCUT2D eigenvalue weighted by Crippen LogP contribution is -2.65. The second kappa shape index (κ2) is 6.27. The van der Waals surface area contributed by atoms with Crippen LogP contribution in [-0.4, -0.2) is 42.5 Å². The van der Waals surface area contributed by atoms with Crippen molar-refractivity contribution in [1.82, 2.24) is 15.5 Å². The van der Waals surface area contributed by atoms with E-state index in [9.17, 15) is 4.79 Å². The van der Waals surface area contributed by atoms with E-state index >= 15 is 0 Å². The number of rotatable bonds is 3. The van der Waals surface area contributed by atoms with E-state index in [1.807, 2.05) is 19.9 Å². The minimum Gasteiger partial charge on any atom is -0.360 e. The zero-order chi connectivity index (χ0) is 14.6. The van der Waals surface area contributed by atoms with Gasteiger partial charge in [0.1, 0.15) is 0 Å². The van der Waals surface area contributed by atoms with Crippen LogP contribution >= 0.6 is 0 Å². The maximum Gasteiger partial charge on any atom is 0.240 e. The lowest BCUT2D eigenvalue weighted by atomic mass is 9.86. The summed E-state index contributed by atoms with van der Waals surface area (Å²) in [4.78, 5) is 14.2. The van der Waals surface area contributed by atoms with Crippen molar-refractivity contribution in [2.75, 3.05) is 26.2 Å². The molecule has 0 atom stereocenters. The number of carbonyl (C=O) groups is 1. The van der Waals surface area contributed by atoms with E-state index in [1.165, 1.54) is 0 Å². The molecule has 4 heteroatoms. The normalized spacial score (nSPS) is 23.2. The molecule has 20 heavy (non-hydrogen) atoms. The quantitative estimate of drug-likeness (QED) is 0.769. The summed E-state index contributed by atoms with van der Waals surface area (Å²) >= 11 is 0. The molecule has 2 fully saturated rings. The summed E-state index contributed by atoms with van der Waals surface area (Å²) in [6.45, 7) is 11.1. The number of piperidine rings is 1. The van der Waals surface area contributed by atoms with Crippen LogP contribution in [0.15, 0.2) is 36.1 Å². The lowest BCUT2D eigenvalue weighted by Gasteiger charge is -2.46. The van der Waals surface area contributed by atoms with Gasteiger partial charge in [-0.2, -0.15) is 0 Å². The highest BCUT2D eigenvalue weighted by molar-refractivity contribution is 5.80. The summed E-state index contributed by atoms with van der Waals surface area (Å²) in [6.07, 6.45) is 8.10. The predicted octanol–water partition coefficient (Wildman–Crippen LogP) is 1.58. The van der Waals surface area contributed by atoms with Crippen LogP contribution in [0.5, 0.6) is 0 Å². The van der Waals surface area contributed by atoms with Gasteiger partial charge in [0.2, 0.25) is 5.91 Å². The van der Waals surface area contributed by atoms with Crippen molar-refractivity contribution in [3.8, 4) is 0 Å². The van der Waals surface area contributed by atoms with Crippen molar-refractivity contribution in [3.05, 3.63) is 36.1 Å². The molecule has 0 aromatic heterocycles. The standard InChI is InChI=1S/C16H25N3O/c1-4-14(6-5-13(2)3)19-11-15(20)18-16(12-19)7-9-17-10-8-16/h4-6,17H,2,7-12H2,1,3H3,(H,18,20)/b6-5-,14-4?. The molecular formula is C16H25N3O. The fourth-order valence-electron chi connectivity index (χ4n) is 2.95. The monoisotopic (exact) mass is 275 g/mol. The molecule has 0 unspecified atom stereocenters. The number of nitrogens with zero attached hydrogens (tertiary/aromatic N) is 1. The van der Waals surface area contributed by atoms with Crippen LogP contribution in [0.25, 0.3) is 0 Å². The second-order valence-corrected chi connectivity index (χ2v) is 5.83. The number of amides is 1. The molecule has 0 aromatic rings. The molecule has 2 rings (SSSR count). The van der Waals surface area contributed by atoms with Gasteiger partial charge in [-0.25, -0.2) is 0 Å². The third kappa shape index (κ3) is 3.51. The number of carbonyl (C=O) groups excluding carboxylic acids is 1. The van der Waals surface area contributed by atoms with Crippen LogP contribution in [0.1, 0.15) is 26.7 Å². The molecule has 2 aliphatic heterocycles. The highest BCUT2D eigenvalue weighted by Gasteiger charge is 2.39. The van der Waals surface area contributed by atoms with Crippen LogP contribution in [0, 0.1) is 0 Å². The molecule has 2 aliphatic rings. The van der Waals surface area contributed by atoms with Crippen molar-refractivity contribution in [2.45, 2.75) is 32.2 Å². The van der Waals surface area contributed by atoms with Crippen LogP contribution in [0.2, 0.25) is 0 Å². The Morgan fingerprint density at radius 3 is 2.65 bits per heavy atom. The van der Waals surface area contributed by atoms with Gasteiger partial charge in [0.15, 0.2) is 0 Å². The van der Waals surface area contributed by atoms with Crippen LogP contribution in [0.3, 0.4) is 0 Å². The van der Waals surface area contributed by atoms with Gasteiger partial charge >= 0.3 is 0 Å². The van der Waals surface area contributed by atoms with Gasteiger partial charge in [-0.1, -0.05) is 24.3 Å². The van der Waals surface area contributed by atoms with E-state index in [4.69, 9.17) is 0 Å². The van der Waals surface area contributed by atoms with Gasteiger partial charge in [0.25, 0.3) is 0 Å². The van der Waals surface area contributed by atoms with Gasteiger partial charge in [-0.3, -0.25) is 4.79 Å². The van der Waals surface area contributed by atoms with Crippen LogP contribution < -0.4 is 10.6 Å².